The van der Waals surface area contributed by atoms with Crippen molar-refractivity contribution < 1.29 is 0 Å². The molecule has 145 valence electrons. The van der Waals surface area contributed by atoms with E-state index in [2.05, 4.69) is 20.8 Å². The van der Waals surface area contributed by atoms with Gasteiger partial charge in [0.2, 0.25) is 0 Å². The Kier molecular flexibility index (Phi) is 21.0. The van der Waals surface area contributed by atoms with Crippen molar-refractivity contribution in [3.8, 4) is 0 Å². The summed E-state index contributed by atoms with van der Waals surface area (Å²) >= 11 is 0. The first-order valence-electron chi connectivity index (χ1n) is 11.6. The normalized spacial score (nSPS) is 12.6. The zero-order valence-electron chi connectivity index (χ0n) is 17.4. The molecule has 0 N–H and O–H groups in total. The maximum Gasteiger partial charge on any atom is -0.0414 e. The molecular weight excluding hydrogens is 288 g/mol. The summed E-state index contributed by atoms with van der Waals surface area (Å²) in [5.41, 5.74) is 0. The number of hydrogen-bond donors (Lipinski definition) is 0. The van der Waals surface area contributed by atoms with Crippen LogP contribution in [0.3, 0.4) is 0 Å². The Morgan fingerprint density at radius 2 is 0.833 bits per heavy atom. The topological polar surface area (TPSA) is 0 Å². The maximum atomic E-state index is 4.05. The highest BCUT2D eigenvalue weighted by molar-refractivity contribution is 4.61. The first-order valence-corrected chi connectivity index (χ1v) is 11.6. The molecule has 0 aromatic carbocycles. The SMILES string of the molecule is [CH2]CCC(CCCC)CCCCCCCCCCCCCCCC. The van der Waals surface area contributed by atoms with Crippen LogP contribution in [0.5, 0.6) is 0 Å². The molecule has 0 nitrogen and oxygen atoms in total. The standard InChI is InChI=1S/C24H49/c1-4-7-9-10-11-12-13-14-15-16-17-18-19-20-23-24(21-6-3)22-8-5-2/h24H,3-23H2,1-2H3. The van der Waals surface area contributed by atoms with Gasteiger partial charge in [0.15, 0.2) is 0 Å². The van der Waals surface area contributed by atoms with Gasteiger partial charge >= 0.3 is 0 Å². The lowest BCUT2D eigenvalue weighted by molar-refractivity contribution is 0.388. The summed E-state index contributed by atoms with van der Waals surface area (Å²) in [7, 11) is 0. The van der Waals surface area contributed by atoms with Crippen LogP contribution >= 0.6 is 0 Å². The molecule has 1 atom stereocenters. The number of rotatable bonds is 20. The lowest BCUT2D eigenvalue weighted by Gasteiger charge is -2.15. The van der Waals surface area contributed by atoms with E-state index in [0.29, 0.717) is 0 Å². The van der Waals surface area contributed by atoms with E-state index in [9.17, 15) is 0 Å². The fourth-order valence-electron chi connectivity index (χ4n) is 3.84. The summed E-state index contributed by atoms with van der Waals surface area (Å²) in [5, 5.41) is 0. The van der Waals surface area contributed by atoms with Crippen LogP contribution in [0.15, 0.2) is 0 Å². The van der Waals surface area contributed by atoms with E-state index >= 15 is 0 Å². The third kappa shape index (κ3) is 18.3. The highest BCUT2D eigenvalue weighted by Gasteiger charge is 2.06. The molecule has 1 unspecified atom stereocenters. The molecule has 0 aliphatic carbocycles. The van der Waals surface area contributed by atoms with Crippen molar-refractivity contribution in [2.75, 3.05) is 0 Å². The minimum absolute atomic E-state index is 0.972. The molecule has 0 spiro atoms. The Morgan fingerprint density at radius 1 is 0.458 bits per heavy atom. The van der Waals surface area contributed by atoms with Crippen LogP contribution in [0.1, 0.15) is 142 Å². The third-order valence-electron chi connectivity index (χ3n) is 5.54. The Hall–Kier alpha value is 0. The second kappa shape index (κ2) is 21.0. The minimum Gasteiger partial charge on any atom is -0.0654 e. The van der Waals surface area contributed by atoms with Crippen LogP contribution in [0.25, 0.3) is 0 Å². The van der Waals surface area contributed by atoms with Crippen molar-refractivity contribution in [3.05, 3.63) is 6.92 Å². The fourth-order valence-corrected chi connectivity index (χ4v) is 3.84. The van der Waals surface area contributed by atoms with Gasteiger partial charge in [-0.2, -0.15) is 0 Å². The first-order chi connectivity index (χ1) is 11.8. The quantitative estimate of drug-likeness (QED) is 0.194. The molecule has 0 bridgehead atoms. The Balaban J connectivity index is 3.21. The summed E-state index contributed by atoms with van der Waals surface area (Å²) in [6, 6.07) is 0. The van der Waals surface area contributed by atoms with Gasteiger partial charge < -0.3 is 0 Å². The van der Waals surface area contributed by atoms with E-state index in [-0.39, 0.29) is 0 Å². The molecule has 0 saturated carbocycles. The van der Waals surface area contributed by atoms with Crippen LogP contribution in [-0.2, 0) is 0 Å². The second-order valence-electron chi connectivity index (χ2n) is 8.04. The van der Waals surface area contributed by atoms with Crippen molar-refractivity contribution in [2.45, 2.75) is 142 Å². The van der Waals surface area contributed by atoms with Crippen molar-refractivity contribution >= 4 is 0 Å². The van der Waals surface area contributed by atoms with Crippen molar-refractivity contribution in [1.29, 1.82) is 0 Å². The molecule has 1 radical (unpaired) electrons. The van der Waals surface area contributed by atoms with Crippen molar-refractivity contribution in [1.82, 2.24) is 0 Å². The zero-order valence-corrected chi connectivity index (χ0v) is 17.4. The van der Waals surface area contributed by atoms with Crippen LogP contribution in [0.4, 0.5) is 0 Å². The molecule has 0 saturated heterocycles. The number of unbranched alkanes of at least 4 members (excludes halogenated alkanes) is 14. The molecule has 0 amide bonds. The highest BCUT2D eigenvalue weighted by Crippen LogP contribution is 2.22. The first kappa shape index (κ1) is 24.0. The van der Waals surface area contributed by atoms with Crippen LogP contribution < -0.4 is 0 Å². The average molecular weight is 338 g/mol. The van der Waals surface area contributed by atoms with Crippen molar-refractivity contribution in [2.24, 2.45) is 5.92 Å². The lowest BCUT2D eigenvalue weighted by Crippen LogP contribution is -2.00. The smallest absolute Gasteiger partial charge is 0.0414 e. The van der Waals surface area contributed by atoms with E-state index in [4.69, 9.17) is 0 Å². The molecular formula is C24H49. The summed E-state index contributed by atoms with van der Waals surface area (Å²) < 4.78 is 0. The fraction of sp³-hybridized carbons (Fsp3) is 0.958. The predicted octanol–water partition coefficient (Wildman–Crippen LogP) is 9.28. The van der Waals surface area contributed by atoms with Gasteiger partial charge in [-0.1, -0.05) is 149 Å². The monoisotopic (exact) mass is 337 g/mol. The Morgan fingerprint density at radius 3 is 1.25 bits per heavy atom. The highest BCUT2D eigenvalue weighted by atomic mass is 14.1. The summed E-state index contributed by atoms with van der Waals surface area (Å²) in [6.07, 6.45) is 28.7. The lowest BCUT2D eigenvalue weighted by atomic mass is 9.91. The van der Waals surface area contributed by atoms with Gasteiger partial charge in [-0.15, -0.1) is 0 Å². The van der Waals surface area contributed by atoms with Gasteiger partial charge in [0.1, 0.15) is 0 Å². The Labute approximate surface area is 155 Å². The third-order valence-corrected chi connectivity index (χ3v) is 5.54. The largest absolute Gasteiger partial charge is 0.0654 e. The molecule has 0 fully saturated rings. The van der Waals surface area contributed by atoms with Crippen LogP contribution in [0.2, 0.25) is 0 Å². The van der Waals surface area contributed by atoms with E-state index in [1.165, 1.54) is 122 Å². The molecule has 0 aliphatic rings. The molecule has 0 heteroatoms. The molecule has 0 heterocycles. The van der Waals surface area contributed by atoms with E-state index in [1.54, 1.807) is 0 Å². The van der Waals surface area contributed by atoms with Gasteiger partial charge in [-0.05, 0) is 5.92 Å². The van der Waals surface area contributed by atoms with E-state index in [0.717, 1.165) is 12.3 Å². The second-order valence-corrected chi connectivity index (χ2v) is 8.04. The van der Waals surface area contributed by atoms with Gasteiger partial charge in [-0.25, -0.2) is 0 Å². The molecule has 0 rings (SSSR count). The van der Waals surface area contributed by atoms with E-state index in [1.807, 2.05) is 0 Å². The predicted molar refractivity (Wildman–Crippen MR) is 113 cm³/mol. The van der Waals surface area contributed by atoms with Gasteiger partial charge in [0, 0.05) is 0 Å². The van der Waals surface area contributed by atoms with E-state index < -0.39 is 0 Å². The molecule has 0 aromatic rings. The maximum absolute atomic E-state index is 4.05. The van der Waals surface area contributed by atoms with Gasteiger partial charge in [-0.3, -0.25) is 0 Å². The summed E-state index contributed by atoms with van der Waals surface area (Å²) in [6.45, 7) is 8.66. The van der Waals surface area contributed by atoms with Gasteiger partial charge in [0.05, 0.1) is 0 Å². The average Bonchev–Trinajstić information content (AvgIpc) is 2.59. The molecule has 0 aliphatic heterocycles. The van der Waals surface area contributed by atoms with Gasteiger partial charge in [0.25, 0.3) is 0 Å². The van der Waals surface area contributed by atoms with Crippen LogP contribution in [-0.4, -0.2) is 0 Å². The summed E-state index contributed by atoms with van der Waals surface area (Å²) in [5.74, 6) is 0.972. The summed E-state index contributed by atoms with van der Waals surface area (Å²) in [4.78, 5) is 0. The molecule has 0 aromatic heterocycles. The Bertz CT molecular complexity index is 208. The van der Waals surface area contributed by atoms with Crippen LogP contribution in [0, 0.1) is 12.8 Å². The number of hydrogen-bond acceptors (Lipinski definition) is 0. The zero-order chi connectivity index (χ0) is 17.7. The minimum atomic E-state index is 0.972. The molecule has 24 heavy (non-hydrogen) atoms. The van der Waals surface area contributed by atoms with Crippen molar-refractivity contribution in [3.63, 3.8) is 0 Å².